The van der Waals surface area contributed by atoms with Gasteiger partial charge in [0.1, 0.15) is 0 Å². The average molecular weight is 485 g/mol. The zero-order valence-electron chi connectivity index (χ0n) is 16.6. The number of pyridine rings is 1. The summed E-state index contributed by atoms with van der Waals surface area (Å²) in [6.45, 7) is 0. The lowest BCUT2D eigenvalue weighted by molar-refractivity contribution is -0.137. The lowest BCUT2D eigenvalue weighted by Crippen LogP contribution is -2.19. The van der Waals surface area contributed by atoms with E-state index in [4.69, 9.17) is 10.9 Å². The molecule has 12 heteroatoms. The highest BCUT2D eigenvalue weighted by Gasteiger charge is 2.32. The lowest BCUT2D eigenvalue weighted by Gasteiger charge is -2.18. The van der Waals surface area contributed by atoms with Crippen molar-refractivity contribution in [3.63, 3.8) is 0 Å². The number of hydrogen-bond donors (Lipinski definition) is 2. The van der Waals surface area contributed by atoms with Gasteiger partial charge in [-0.2, -0.15) is 13.2 Å². The highest BCUT2D eigenvalue weighted by atomic mass is 32.2. The van der Waals surface area contributed by atoms with E-state index in [9.17, 15) is 35.2 Å². The number of sulfonamides is 1. The fourth-order valence-electron chi connectivity index (χ4n) is 3.34. The molecule has 174 valence electrons. The van der Waals surface area contributed by atoms with Crippen molar-refractivity contribution in [1.29, 1.82) is 0 Å². The number of primary amides is 1. The fourth-order valence-corrected chi connectivity index (χ4v) is 4.36. The van der Waals surface area contributed by atoms with E-state index >= 15 is 0 Å². The topological polar surface area (TPSA) is 116 Å². The van der Waals surface area contributed by atoms with Gasteiger partial charge >= 0.3 is 6.18 Å². The molecule has 0 saturated heterocycles. The summed E-state index contributed by atoms with van der Waals surface area (Å²) < 4.78 is 90.7. The van der Waals surface area contributed by atoms with Crippen LogP contribution in [0.1, 0.15) is 23.1 Å². The first-order valence-corrected chi connectivity index (χ1v) is 10.7. The van der Waals surface area contributed by atoms with Crippen molar-refractivity contribution < 1.29 is 35.2 Å². The molecule has 0 aliphatic heterocycles. The molecule has 0 aliphatic carbocycles. The number of alkyl halides is 5. The molecule has 0 atom stereocenters. The molecule has 0 aliphatic rings. The molecule has 0 saturated carbocycles. The molecule has 2 aromatic carbocycles. The number of rotatable bonds is 6. The highest BCUT2D eigenvalue weighted by Crippen LogP contribution is 2.40. The minimum absolute atomic E-state index is 0.0972. The summed E-state index contributed by atoms with van der Waals surface area (Å²) in [7, 11) is -4.60. The van der Waals surface area contributed by atoms with E-state index in [1.165, 1.54) is 24.3 Å². The normalized spacial score (nSPS) is 12.2. The van der Waals surface area contributed by atoms with Gasteiger partial charge in [-0.3, -0.25) is 9.78 Å². The Morgan fingerprint density at radius 2 is 1.64 bits per heavy atom. The van der Waals surface area contributed by atoms with E-state index in [-0.39, 0.29) is 33.4 Å². The Morgan fingerprint density at radius 3 is 2.15 bits per heavy atom. The maximum Gasteiger partial charge on any atom is 0.417 e. The summed E-state index contributed by atoms with van der Waals surface area (Å²) in [5.74, 6) is -0.825. The van der Waals surface area contributed by atoms with Gasteiger partial charge in [-0.25, -0.2) is 22.3 Å². The van der Waals surface area contributed by atoms with E-state index in [1.54, 1.807) is 0 Å². The molecule has 0 spiro atoms. The molecule has 1 amide bonds. The van der Waals surface area contributed by atoms with Crippen molar-refractivity contribution in [2.75, 3.05) is 0 Å². The molecule has 6 nitrogen and oxygen atoms in total. The van der Waals surface area contributed by atoms with Crippen LogP contribution >= 0.6 is 0 Å². The number of nitrogens with two attached hydrogens (primary N) is 2. The predicted molar refractivity (Wildman–Crippen MR) is 109 cm³/mol. The Kier molecular flexibility index (Phi) is 6.52. The Hall–Kier alpha value is -3.38. The van der Waals surface area contributed by atoms with Crippen LogP contribution in [0.15, 0.2) is 59.8 Å². The number of amides is 1. The third-order valence-corrected chi connectivity index (χ3v) is 5.71. The molecule has 0 unspecified atom stereocenters. The molecule has 4 N–H and O–H groups in total. The van der Waals surface area contributed by atoms with Gasteiger partial charge in [0.15, 0.2) is 0 Å². The molecule has 3 aromatic rings. The summed E-state index contributed by atoms with van der Waals surface area (Å²) in [5.41, 5.74) is 3.44. The number of carbonyl (C=O) groups excluding carboxylic acids is 1. The summed E-state index contributed by atoms with van der Waals surface area (Å²) in [6.07, 6.45) is -6.37. The van der Waals surface area contributed by atoms with Gasteiger partial charge in [-0.15, -0.1) is 0 Å². The van der Waals surface area contributed by atoms with Crippen molar-refractivity contribution in [3.8, 4) is 22.3 Å². The second-order valence-corrected chi connectivity index (χ2v) is 8.55. The Morgan fingerprint density at radius 1 is 1.00 bits per heavy atom. The third kappa shape index (κ3) is 5.34. The van der Waals surface area contributed by atoms with E-state index in [1.807, 2.05) is 0 Å². The molecular weight excluding hydrogens is 469 g/mol. The van der Waals surface area contributed by atoms with Crippen LogP contribution in [0.4, 0.5) is 22.0 Å². The Balaban J connectivity index is 2.38. The highest BCUT2D eigenvalue weighted by molar-refractivity contribution is 7.89. The van der Waals surface area contributed by atoms with Gasteiger partial charge in [-0.05, 0) is 17.2 Å². The van der Waals surface area contributed by atoms with Gasteiger partial charge < -0.3 is 5.73 Å². The van der Waals surface area contributed by atoms with E-state index in [0.29, 0.717) is 12.3 Å². The van der Waals surface area contributed by atoms with Crippen LogP contribution in [0.3, 0.4) is 0 Å². The van der Waals surface area contributed by atoms with Crippen LogP contribution in [0, 0.1) is 0 Å². The number of hydrogen-bond acceptors (Lipinski definition) is 4. The van der Waals surface area contributed by atoms with Crippen molar-refractivity contribution in [2.24, 2.45) is 10.9 Å². The third-order valence-electron chi connectivity index (χ3n) is 4.72. The quantitative estimate of drug-likeness (QED) is 0.513. The van der Waals surface area contributed by atoms with Gasteiger partial charge in [0.25, 0.3) is 6.43 Å². The largest absolute Gasteiger partial charge is 0.417 e. The number of nitrogens with zero attached hydrogens (tertiary/aromatic N) is 1. The monoisotopic (exact) mass is 485 g/mol. The molecular formula is C21H16F5N3O3S. The number of carbonyl (C=O) groups is 1. The second-order valence-electron chi connectivity index (χ2n) is 7.05. The van der Waals surface area contributed by atoms with Crippen LogP contribution in [-0.2, 0) is 27.4 Å². The molecule has 33 heavy (non-hydrogen) atoms. The van der Waals surface area contributed by atoms with Gasteiger partial charge in [-0.1, -0.05) is 36.4 Å². The zero-order chi connectivity index (χ0) is 24.6. The van der Waals surface area contributed by atoms with Crippen LogP contribution < -0.4 is 10.9 Å². The van der Waals surface area contributed by atoms with E-state index in [2.05, 4.69) is 4.98 Å². The van der Waals surface area contributed by atoms with Crippen LogP contribution in [0.25, 0.3) is 22.3 Å². The first-order valence-electron chi connectivity index (χ1n) is 9.17. The van der Waals surface area contributed by atoms with Crippen LogP contribution in [-0.4, -0.2) is 19.3 Å². The Labute approximate surface area is 185 Å². The predicted octanol–water partition coefficient (Wildman–Crippen LogP) is 4.05. The SMILES string of the molecule is NC(=O)Cc1ccc(-c2cncc(C(F)(F)F)c2)c(S(N)(=O)=O)c1-c1ccc(C(F)F)cc1. The zero-order valence-corrected chi connectivity index (χ0v) is 17.4. The molecule has 0 bridgehead atoms. The summed E-state index contributed by atoms with van der Waals surface area (Å²) in [4.78, 5) is 14.5. The second kappa shape index (κ2) is 8.87. The smallest absolute Gasteiger partial charge is 0.369 e. The van der Waals surface area contributed by atoms with Crippen molar-refractivity contribution in [3.05, 3.63) is 71.5 Å². The summed E-state index contributed by atoms with van der Waals surface area (Å²) in [6, 6.07) is 7.71. The van der Waals surface area contributed by atoms with Gasteiger partial charge in [0.05, 0.1) is 16.9 Å². The molecule has 0 radical (unpaired) electrons. The average Bonchev–Trinajstić information content (AvgIpc) is 2.72. The molecule has 0 fully saturated rings. The number of halogens is 5. The number of benzene rings is 2. The first-order chi connectivity index (χ1) is 15.3. The minimum Gasteiger partial charge on any atom is -0.369 e. The maximum absolute atomic E-state index is 13.2. The Bertz CT molecular complexity index is 1310. The van der Waals surface area contributed by atoms with Crippen molar-refractivity contribution in [2.45, 2.75) is 23.9 Å². The summed E-state index contributed by atoms with van der Waals surface area (Å²) in [5, 5.41) is 5.43. The van der Waals surface area contributed by atoms with Crippen molar-refractivity contribution >= 4 is 15.9 Å². The molecule has 1 aromatic heterocycles. The lowest BCUT2D eigenvalue weighted by atomic mass is 9.92. The minimum atomic E-state index is -4.75. The van der Waals surface area contributed by atoms with Crippen LogP contribution in [0.2, 0.25) is 0 Å². The number of primary sulfonamides is 1. The van der Waals surface area contributed by atoms with E-state index < -0.39 is 45.4 Å². The van der Waals surface area contributed by atoms with Gasteiger partial charge in [0.2, 0.25) is 15.9 Å². The van der Waals surface area contributed by atoms with Gasteiger partial charge in [0, 0.05) is 34.6 Å². The molecule has 1 heterocycles. The molecule has 3 rings (SSSR count). The van der Waals surface area contributed by atoms with E-state index in [0.717, 1.165) is 18.3 Å². The standard InChI is InChI=1S/C21H16F5N3O3S/c22-20(23)12-3-1-11(2-4-12)18-13(8-17(27)30)5-6-16(19(18)33(28,31)32)14-7-15(10-29-9-14)21(24,25)26/h1-7,9-10,20H,8H2,(H2,27,30)(H2,28,31,32). The number of aromatic nitrogens is 1. The van der Waals surface area contributed by atoms with Crippen molar-refractivity contribution in [1.82, 2.24) is 4.98 Å². The first kappa shape index (κ1) is 24.3. The summed E-state index contributed by atoms with van der Waals surface area (Å²) >= 11 is 0. The maximum atomic E-state index is 13.2. The fraction of sp³-hybridized carbons (Fsp3) is 0.143. The van der Waals surface area contributed by atoms with Crippen LogP contribution in [0.5, 0.6) is 0 Å².